The van der Waals surface area contributed by atoms with Gasteiger partial charge in [-0.15, -0.1) is 0 Å². The molecule has 0 unspecified atom stereocenters. The van der Waals surface area contributed by atoms with Crippen LogP contribution < -0.4 is 5.32 Å². The Labute approximate surface area is 130 Å². The minimum Gasteiger partial charge on any atom is -0.352 e. The largest absolute Gasteiger partial charge is 0.352 e. The highest BCUT2D eigenvalue weighted by molar-refractivity contribution is 9.10. The number of carbonyl (C=O) groups excluding carboxylic acids is 1. The van der Waals surface area contributed by atoms with Gasteiger partial charge in [0.05, 0.1) is 10.0 Å². The average molecular weight is 387 g/mol. The van der Waals surface area contributed by atoms with E-state index in [-0.39, 0.29) is 10.0 Å². The lowest BCUT2D eigenvalue weighted by molar-refractivity contribution is 0.0950. The van der Waals surface area contributed by atoms with Gasteiger partial charge in [0.2, 0.25) is 0 Å². The lowest BCUT2D eigenvalue weighted by Gasteiger charge is -2.10. The van der Waals surface area contributed by atoms with Crippen molar-refractivity contribution in [2.75, 3.05) is 6.54 Å². The zero-order valence-electron chi connectivity index (χ0n) is 10.9. The maximum Gasteiger partial charge on any atom is 0.262 e. The number of hydrogen-bond donors (Lipinski definition) is 1. The van der Waals surface area contributed by atoms with Crippen LogP contribution in [0.15, 0.2) is 21.5 Å². The third-order valence-corrected chi connectivity index (χ3v) is 4.98. The van der Waals surface area contributed by atoms with Crippen LogP contribution in [0.3, 0.4) is 0 Å². The molecule has 0 aliphatic carbocycles. The van der Waals surface area contributed by atoms with Gasteiger partial charge in [-0.2, -0.15) is 0 Å². The van der Waals surface area contributed by atoms with Gasteiger partial charge in [0, 0.05) is 17.2 Å². The van der Waals surface area contributed by atoms with Crippen molar-refractivity contribution < 1.29 is 17.6 Å². The van der Waals surface area contributed by atoms with E-state index in [4.69, 9.17) is 10.7 Å². The van der Waals surface area contributed by atoms with Gasteiger partial charge in [0.25, 0.3) is 15.0 Å². The predicted molar refractivity (Wildman–Crippen MR) is 78.9 cm³/mol. The van der Waals surface area contributed by atoms with E-state index in [2.05, 4.69) is 21.2 Å². The van der Waals surface area contributed by atoms with Crippen molar-refractivity contribution in [2.24, 2.45) is 5.92 Å². The number of benzene rings is 1. The van der Waals surface area contributed by atoms with Crippen LogP contribution >= 0.6 is 26.6 Å². The molecule has 4 nitrogen and oxygen atoms in total. The first-order valence-electron chi connectivity index (χ1n) is 5.85. The molecule has 0 aromatic heterocycles. The quantitative estimate of drug-likeness (QED) is 0.790. The molecule has 1 amide bonds. The molecule has 1 N–H and O–H groups in total. The van der Waals surface area contributed by atoms with Crippen LogP contribution in [-0.4, -0.2) is 20.9 Å². The second kappa shape index (κ2) is 6.87. The van der Waals surface area contributed by atoms with Gasteiger partial charge in [0.15, 0.2) is 0 Å². The smallest absolute Gasteiger partial charge is 0.262 e. The average Bonchev–Trinajstić information content (AvgIpc) is 2.29. The van der Waals surface area contributed by atoms with E-state index in [9.17, 15) is 17.6 Å². The molecule has 0 heterocycles. The Bertz CT molecular complexity index is 619. The lowest BCUT2D eigenvalue weighted by Crippen LogP contribution is -2.26. The summed E-state index contributed by atoms with van der Waals surface area (Å²) in [6.45, 7) is 4.42. The molecule has 0 saturated carbocycles. The van der Waals surface area contributed by atoms with Crippen LogP contribution in [0.2, 0.25) is 0 Å². The number of halogens is 3. The second-order valence-corrected chi connectivity index (χ2v) is 7.97. The summed E-state index contributed by atoms with van der Waals surface area (Å²) in [5.74, 6) is -0.995. The van der Waals surface area contributed by atoms with Crippen LogP contribution in [-0.2, 0) is 9.05 Å². The van der Waals surface area contributed by atoms with Gasteiger partial charge in [-0.05, 0) is 40.4 Å². The van der Waals surface area contributed by atoms with Crippen LogP contribution in [0.5, 0.6) is 0 Å². The van der Waals surface area contributed by atoms with Gasteiger partial charge >= 0.3 is 0 Å². The summed E-state index contributed by atoms with van der Waals surface area (Å²) in [7, 11) is 1.06. The molecule has 0 saturated heterocycles. The lowest BCUT2D eigenvalue weighted by atomic mass is 10.1. The Morgan fingerprint density at radius 2 is 2.05 bits per heavy atom. The molecule has 112 valence electrons. The second-order valence-electron chi connectivity index (χ2n) is 4.64. The summed E-state index contributed by atoms with van der Waals surface area (Å²) in [5.41, 5.74) is -0.104. The van der Waals surface area contributed by atoms with Crippen molar-refractivity contribution >= 4 is 41.6 Å². The Hall–Kier alpha value is -0.660. The Morgan fingerprint density at radius 3 is 2.55 bits per heavy atom. The molecule has 0 bridgehead atoms. The molecule has 0 aliphatic rings. The van der Waals surface area contributed by atoms with Crippen LogP contribution in [0, 0.1) is 11.7 Å². The molecule has 0 spiro atoms. The molecule has 1 aromatic carbocycles. The Balaban J connectivity index is 3.07. The summed E-state index contributed by atoms with van der Waals surface area (Å²) in [4.78, 5) is 11.5. The van der Waals surface area contributed by atoms with E-state index in [1.54, 1.807) is 0 Å². The third kappa shape index (κ3) is 4.71. The maximum absolute atomic E-state index is 13.4. The molecule has 1 aromatic rings. The van der Waals surface area contributed by atoms with Crippen molar-refractivity contribution in [1.82, 2.24) is 5.32 Å². The van der Waals surface area contributed by atoms with E-state index in [1.165, 1.54) is 0 Å². The van der Waals surface area contributed by atoms with Crippen molar-refractivity contribution in [3.05, 3.63) is 28.0 Å². The monoisotopic (exact) mass is 385 g/mol. The number of carbonyl (C=O) groups is 1. The fourth-order valence-electron chi connectivity index (χ4n) is 1.48. The number of rotatable bonds is 5. The van der Waals surface area contributed by atoms with Crippen molar-refractivity contribution in [3.8, 4) is 0 Å². The minimum atomic E-state index is -4.14. The minimum absolute atomic E-state index is 0.0454. The third-order valence-electron chi connectivity index (χ3n) is 2.52. The first-order chi connectivity index (χ1) is 9.12. The summed E-state index contributed by atoms with van der Waals surface area (Å²) in [6.07, 6.45) is 0.763. The zero-order chi connectivity index (χ0) is 15.5. The molecular weight excluding hydrogens is 373 g/mol. The highest BCUT2D eigenvalue weighted by atomic mass is 79.9. The van der Waals surface area contributed by atoms with Gasteiger partial charge < -0.3 is 5.32 Å². The van der Waals surface area contributed by atoms with Gasteiger partial charge in [-0.25, -0.2) is 12.8 Å². The summed E-state index contributed by atoms with van der Waals surface area (Å²) >= 11 is 2.98. The molecule has 1 rings (SSSR count). The highest BCUT2D eigenvalue weighted by Crippen LogP contribution is 2.29. The summed E-state index contributed by atoms with van der Waals surface area (Å²) in [6, 6.07) is 1.72. The Morgan fingerprint density at radius 1 is 1.45 bits per heavy atom. The van der Waals surface area contributed by atoms with Gasteiger partial charge in [-0.1, -0.05) is 13.8 Å². The van der Waals surface area contributed by atoms with E-state index in [1.807, 2.05) is 13.8 Å². The normalized spacial score (nSPS) is 11.7. The predicted octanol–water partition coefficient (Wildman–Crippen LogP) is 3.29. The van der Waals surface area contributed by atoms with Gasteiger partial charge in [-0.3, -0.25) is 4.79 Å². The Kier molecular flexibility index (Phi) is 5.97. The first kappa shape index (κ1) is 17.4. The zero-order valence-corrected chi connectivity index (χ0v) is 14.1. The van der Waals surface area contributed by atoms with Crippen LogP contribution in [0.4, 0.5) is 4.39 Å². The molecule has 20 heavy (non-hydrogen) atoms. The van der Waals surface area contributed by atoms with E-state index in [0.29, 0.717) is 12.5 Å². The molecule has 0 fully saturated rings. The van der Waals surface area contributed by atoms with Gasteiger partial charge in [0.1, 0.15) is 10.7 Å². The fraction of sp³-hybridized carbons (Fsp3) is 0.417. The van der Waals surface area contributed by atoms with Crippen molar-refractivity contribution in [1.29, 1.82) is 0 Å². The number of nitrogens with one attached hydrogen (secondary N) is 1. The topological polar surface area (TPSA) is 63.2 Å². The van der Waals surface area contributed by atoms with E-state index in [0.717, 1.165) is 18.6 Å². The molecular formula is C12H14BrClFNO3S. The van der Waals surface area contributed by atoms with Crippen molar-refractivity contribution in [2.45, 2.75) is 25.2 Å². The number of hydrogen-bond acceptors (Lipinski definition) is 3. The number of amides is 1. The fourth-order valence-corrected chi connectivity index (χ4v) is 3.75. The summed E-state index contributed by atoms with van der Waals surface area (Å²) < 4.78 is 36.0. The summed E-state index contributed by atoms with van der Waals surface area (Å²) in [5, 5.41) is 2.60. The van der Waals surface area contributed by atoms with Crippen LogP contribution in [0.25, 0.3) is 0 Å². The molecule has 0 radical (unpaired) electrons. The van der Waals surface area contributed by atoms with Crippen molar-refractivity contribution in [3.63, 3.8) is 0 Å². The molecule has 0 atom stereocenters. The first-order valence-corrected chi connectivity index (χ1v) is 8.95. The SMILES string of the molecule is CC(C)CCNC(=O)c1cc(F)cc(S(=O)(=O)Cl)c1Br. The van der Waals surface area contributed by atoms with E-state index < -0.39 is 25.7 Å². The van der Waals surface area contributed by atoms with Crippen LogP contribution in [0.1, 0.15) is 30.6 Å². The molecule has 0 aliphatic heterocycles. The van der Waals surface area contributed by atoms with E-state index >= 15 is 0 Å². The highest BCUT2D eigenvalue weighted by Gasteiger charge is 2.22. The molecule has 8 heteroatoms. The maximum atomic E-state index is 13.4. The standard InChI is InChI=1S/C12H14BrClFNO3S/c1-7(2)3-4-16-12(17)9-5-8(15)6-10(11(9)13)20(14,18)19/h5-7H,3-4H2,1-2H3,(H,16,17).